The first kappa shape index (κ1) is 19.8. The summed E-state index contributed by atoms with van der Waals surface area (Å²) in [6.07, 6.45) is 4.35. The van der Waals surface area contributed by atoms with Crippen molar-refractivity contribution in [3.8, 4) is 11.5 Å². The third kappa shape index (κ3) is 6.04. The fourth-order valence-electron chi connectivity index (χ4n) is 2.28. The molecule has 0 heterocycles. The summed E-state index contributed by atoms with van der Waals surface area (Å²) in [4.78, 5) is 23.3. The van der Waals surface area contributed by atoms with E-state index in [1.54, 1.807) is 50.6 Å². The molecule has 0 aliphatic heterocycles. The zero-order valence-corrected chi connectivity index (χ0v) is 15.3. The number of rotatable bonds is 8. The topological polar surface area (TPSA) is 76.7 Å². The molecule has 0 aliphatic carbocycles. The fraction of sp³-hybridized carbons (Fsp3) is 0.143. The number of ether oxygens (including phenoxy) is 2. The maximum atomic E-state index is 12.0. The van der Waals surface area contributed by atoms with Gasteiger partial charge in [0.2, 0.25) is 11.8 Å². The second-order valence-electron chi connectivity index (χ2n) is 5.54. The summed E-state index contributed by atoms with van der Waals surface area (Å²) < 4.78 is 10.5. The summed E-state index contributed by atoms with van der Waals surface area (Å²) >= 11 is 0. The number of amides is 2. The number of methoxy groups -OCH3 is 2. The molecule has 0 bridgehead atoms. The van der Waals surface area contributed by atoms with Crippen LogP contribution in [0.15, 0.2) is 61.2 Å². The predicted octanol–water partition coefficient (Wildman–Crippen LogP) is 3.16. The Hall–Kier alpha value is -3.54. The van der Waals surface area contributed by atoms with E-state index in [-0.39, 0.29) is 11.8 Å². The van der Waals surface area contributed by atoms with Crippen molar-refractivity contribution >= 4 is 23.6 Å². The highest BCUT2D eigenvalue weighted by atomic mass is 16.5. The minimum atomic E-state index is -0.272. The minimum Gasteiger partial charge on any atom is -0.497 e. The quantitative estimate of drug-likeness (QED) is 0.704. The largest absolute Gasteiger partial charge is 0.497 e. The van der Waals surface area contributed by atoms with Crippen LogP contribution >= 0.6 is 0 Å². The van der Waals surface area contributed by atoms with Crippen LogP contribution in [0.25, 0.3) is 6.08 Å². The van der Waals surface area contributed by atoms with Gasteiger partial charge >= 0.3 is 0 Å². The number of anilines is 1. The van der Waals surface area contributed by atoms with Gasteiger partial charge in [-0.3, -0.25) is 9.59 Å². The molecular formula is C21H22N2O4. The monoisotopic (exact) mass is 366 g/mol. The SMILES string of the molecule is C=CC(=O)Nc1ccc(/C=C/C(=O)NCc2ccc(OC)cc2OC)cc1. The van der Waals surface area contributed by atoms with Gasteiger partial charge in [0.05, 0.1) is 14.2 Å². The lowest BCUT2D eigenvalue weighted by atomic mass is 10.1. The molecule has 0 unspecified atom stereocenters. The van der Waals surface area contributed by atoms with Crippen molar-refractivity contribution < 1.29 is 19.1 Å². The average Bonchev–Trinajstić information content (AvgIpc) is 2.71. The van der Waals surface area contributed by atoms with E-state index in [4.69, 9.17) is 9.47 Å². The number of carbonyl (C=O) groups is 2. The molecule has 0 spiro atoms. The second-order valence-corrected chi connectivity index (χ2v) is 5.54. The van der Waals surface area contributed by atoms with Gasteiger partial charge in [-0.05, 0) is 42.0 Å². The van der Waals surface area contributed by atoms with Gasteiger partial charge < -0.3 is 20.1 Å². The Morgan fingerprint density at radius 1 is 1.04 bits per heavy atom. The lowest BCUT2D eigenvalue weighted by Gasteiger charge is -2.10. The van der Waals surface area contributed by atoms with Gasteiger partial charge in [0.25, 0.3) is 0 Å². The van der Waals surface area contributed by atoms with Gasteiger partial charge in [-0.2, -0.15) is 0 Å². The number of hydrogen-bond donors (Lipinski definition) is 2. The first-order valence-electron chi connectivity index (χ1n) is 8.26. The average molecular weight is 366 g/mol. The van der Waals surface area contributed by atoms with E-state index in [0.29, 0.717) is 23.7 Å². The first-order valence-corrected chi connectivity index (χ1v) is 8.26. The molecule has 0 aromatic heterocycles. The zero-order valence-electron chi connectivity index (χ0n) is 15.3. The molecule has 140 valence electrons. The Kier molecular flexibility index (Phi) is 7.19. The molecule has 0 saturated carbocycles. The molecule has 6 nitrogen and oxygen atoms in total. The lowest BCUT2D eigenvalue weighted by molar-refractivity contribution is -0.116. The van der Waals surface area contributed by atoms with Crippen molar-refractivity contribution in [3.63, 3.8) is 0 Å². The van der Waals surface area contributed by atoms with E-state index in [1.165, 1.54) is 12.2 Å². The normalized spacial score (nSPS) is 10.3. The molecule has 2 aromatic carbocycles. The van der Waals surface area contributed by atoms with Gasteiger partial charge in [-0.15, -0.1) is 0 Å². The van der Waals surface area contributed by atoms with Gasteiger partial charge in [0, 0.05) is 29.9 Å². The molecule has 0 saturated heterocycles. The zero-order chi connectivity index (χ0) is 19.6. The molecule has 0 radical (unpaired) electrons. The molecule has 2 rings (SSSR count). The fourth-order valence-corrected chi connectivity index (χ4v) is 2.28. The Balaban J connectivity index is 1.92. The van der Waals surface area contributed by atoms with Crippen molar-refractivity contribution in [1.29, 1.82) is 0 Å². The van der Waals surface area contributed by atoms with Crippen LogP contribution in [-0.4, -0.2) is 26.0 Å². The molecule has 0 atom stereocenters. The summed E-state index contributed by atoms with van der Waals surface area (Å²) in [5.74, 6) is 0.842. The van der Waals surface area contributed by atoms with E-state index in [9.17, 15) is 9.59 Å². The Morgan fingerprint density at radius 3 is 2.41 bits per heavy atom. The number of benzene rings is 2. The number of nitrogens with one attached hydrogen (secondary N) is 2. The van der Waals surface area contributed by atoms with Crippen molar-refractivity contribution in [1.82, 2.24) is 5.32 Å². The molecule has 2 aromatic rings. The van der Waals surface area contributed by atoms with Crippen LogP contribution in [0.1, 0.15) is 11.1 Å². The molecule has 6 heteroatoms. The Labute approximate surface area is 158 Å². The van der Waals surface area contributed by atoms with E-state index in [2.05, 4.69) is 17.2 Å². The van der Waals surface area contributed by atoms with Gasteiger partial charge in [0.1, 0.15) is 11.5 Å². The predicted molar refractivity (Wildman–Crippen MR) is 106 cm³/mol. The molecule has 0 aliphatic rings. The molecular weight excluding hydrogens is 344 g/mol. The second kappa shape index (κ2) is 9.82. The van der Waals surface area contributed by atoms with Crippen LogP contribution in [0.5, 0.6) is 11.5 Å². The number of carbonyl (C=O) groups excluding carboxylic acids is 2. The summed E-state index contributed by atoms with van der Waals surface area (Å²) in [5.41, 5.74) is 2.35. The van der Waals surface area contributed by atoms with E-state index in [0.717, 1.165) is 11.1 Å². The maximum absolute atomic E-state index is 12.0. The third-order valence-electron chi connectivity index (χ3n) is 3.74. The minimum absolute atomic E-state index is 0.225. The number of hydrogen-bond acceptors (Lipinski definition) is 4. The molecule has 27 heavy (non-hydrogen) atoms. The first-order chi connectivity index (χ1) is 13.0. The van der Waals surface area contributed by atoms with E-state index in [1.807, 2.05) is 12.1 Å². The smallest absolute Gasteiger partial charge is 0.247 e. The van der Waals surface area contributed by atoms with E-state index < -0.39 is 0 Å². The van der Waals surface area contributed by atoms with Crippen LogP contribution in [0.4, 0.5) is 5.69 Å². The highest BCUT2D eigenvalue weighted by Gasteiger charge is 2.06. The summed E-state index contributed by atoms with van der Waals surface area (Å²) in [6.45, 7) is 3.74. The summed E-state index contributed by atoms with van der Waals surface area (Å²) in [7, 11) is 3.15. The Bertz CT molecular complexity index is 842. The van der Waals surface area contributed by atoms with Crippen molar-refractivity contribution in [2.75, 3.05) is 19.5 Å². The highest BCUT2D eigenvalue weighted by molar-refractivity contribution is 5.99. The van der Waals surface area contributed by atoms with Crippen molar-refractivity contribution in [2.24, 2.45) is 0 Å². The van der Waals surface area contributed by atoms with E-state index >= 15 is 0 Å². The molecule has 2 N–H and O–H groups in total. The van der Waals surface area contributed by atoms with Crippen LogP contribution in [0.2, 0.25) is 0 Å². The van der Waals surface area contributed by atoms with Crippen molar-refractivity contribution in [3.05, 3.63) is 72.3 Å². The van der Waals surface area contributed by atoms with Crippen LogP contribution in [0, 0.1) is 0 Å². The Morgan fingerprint density at radius 2 is 1.78 bits per heavy atom. The lowest BCUT2D eigenvalue weighted by Crippen LogP contribution is -2.20. The summed E-state index contributed by atoms with van der Waals surface area (Å²) in [5, 5.41) is 5.47. The maximum Gasteiger partial charge on any atom is 0.247 e. The highest BCUT2D eigenvalue weighted by Crippen LogP contribution is 2.24. The summed E-state index contributed by atoms with van der Waals surface area (Å²) in [6, 6.07) is 12.5. The van der Waals surface area contributed by atoms with Crippen LogP contribution in [0.3, 0.4) is 0 Å². The van der Waals surface area contributed by atoms with Crippen LogP contribution in [-0.2, 0) is 16.1 Å². The van der Waals surface area contributed by atoms with Gasteiger partial charge in [-0.25, -0.2) is 0 Å². The third-order valence-corrected chi connectivity index (χ3v) is 3.74. The van der Waals surface area contributed by atoms with Crippen LogP contribution < -0.4 is 20.1 Å². The van der Waals surface area contributed by atoms with Gasteiger partial charge in [-0.1, -0.05) is 18.7 Å². The standard InChI is InChI=1S/C21H22N2O4/c1-4-20(24)23-17-9-5-15(6-10-17)7-12-21(25)22-14-16-8-11-18(26-2)13-19(16)27-3/h4-13H,1,14H2,2-3H3,(H,22,25)(H,23,24)/b12-7+. The van der Waals surface area contributed by atoms with Gasteiger partial charge in [0.15, 0.2) is 0 Å². The van der Waals surface area contributed by atoms with Crippen molar-refractivity contribution in [2.45, 2.75) is 6.54 Å². The molecule has 0 fully saturated rings. The molecule has 2 amide bonds.